The molecule has 21 heavy (non-hydrogen) atoms. The Morgan fingerprint density at radius 2 is 1.81 bits per heavy atom. The van der Waals surface area contributed by atoms with Gasteiger partial charge >= 0.3 is 0 Å². The average Bonchev–Trinajstić information content (AvgIpc) is 2.79. The molecule has 0 radical (unpaired) electrons. The van der Waals surface area contributed by atoms with Crippen molar-refractivity contribution in [3.05, 3.63) is 41.7 Å². The zero-order valence-corrected chi connectivity index (χ0v) is 12.8. The average molecular weight is 301 g/mol. The van der Waals surface area contributed by atoms with Crippen molar-refractivity contribution in [3.63, 3.8) is 0 Å². The van der Waals surface area contributed by atoms with E-state index in [9.17, 15) is 8.42 Å². The molecule has 3 rings (SSSR count). The molecule has 108 valence electrons. The van der Waals surface area contributed by atoms with Crippen LogP contribution in [-0.2, 0) is 9.84 Å². The molecule has 2 aromatic heterocycles. The lowest BCUT2D eigenvalue weighted by atomic mass is 10.2. The van der Waals surface area contributed by atoms with Gasteiger partial charge in [0.25, 0.3) is 0 Å². The van der Waals surface area contributed by atoms with Crippen LogP contribution in [0, 0.1) is 13.8 Å². The molecule has 5 nitrogen and oxygen atoms in total. The minimum absolute atomic E-state index is 0.281. The number of H-pyrrole nitrogens is 1. The molecule has 0 unspecified atom stereocenters. The van der Waals surface area contributed by atoms with Crippen molar-refractivity contribution in [1.82, 2.24) is 15.0 Å². The van der Waals surface area contributed by atoms with Crippen molar-refractivity contribution in [3.8, 4) is 11.4 Å². The zero-order chi connectivity index (χ0) is 15.2. The Kier molecular flexibility index (Phi) is 3.06. The van der Waals surface area contributed by atoms with Crippen LogP contribution in [0.1, 0.15) is 11.4 Å². The van der Waals surface area contributed by atoms with E-state index in [4.69, 9.17) is 0 Å². The minimum Gasteiger partial charge on any atom is -0.338 e. The zero-order valence-electron chi connectivity index (χ0n) is 12.0. The summed E-state index contributed by atoms with van der Waals surface area (Å²) < 4.78 is 23.2. The molecule has 0 amide bonds. The molecule has 0 saturated carbocycles. The number of benzene rings is 1. The molecule has 0 aliphatic heterocycles. The Morgan fingerprint density at radius 3 is 2.48 bits per heavy atom. The summed E-state index contributed by atoms with van der Waals surface area (Å²) in [6, 6.07) is 8.79. The molecule has 6 heteroatoms. The van der Waals surface area contributed by atoms with Gasteiger partial charge in [-0.3, -0.25) is 4.98 Å². The van der Waals surface area contributed by atoms with Gasteiger partial charge < -0.3 is 4.98 Å². The molecule has 3 aromatic rings. The first-order chi connectivity index (χ1) is 9.84. The van der Waals surface area contributed by atoms with Crippen molar-refractivity contribution in [1.29, 1.82) is 0 Å². The van der Waals surface area contributed by atoms with Crippen molar-refractivity contribution < 1.29 is 8.42 Å². The summed E-state index contributed by atoms with van der Waals surface area (Å²) in [4.78, 5) is 12.4. The van der Waals surface area contributed by atoms with E-state index in [1.165, 1.54) is 6.26 Å². The maximum atomic E-state index is 11.6. The van der Waals surface area contributed by atoms with Crippen molar-refractivity contribution >= 4 is 20.9 Å². The molecule has 1 N–H and O–H groups in total. The molecule has 0 aliphatic rings. The van der Waals surface area contributed by atoms with Crippen LogP contribution in [0.15, 0.2) is 35.2 Å². The molecule has 0 bridgehead atoms. The Hall–Kier alpha value is -2.21. The number of hydrogen-bond acceptors (Lipinski definition) is 4. The number of sulfone groups is 1. The van der Waals surface area contributed by atoms with Crippen molar-refractivity contribution in [2.45, 2.75) is 18.7 Å². The fraction of sp³-hybridized carbons (Fsp3) is 0.200. The van der Waals surface area contributed by atoms with E-state index in [1.54, 1.807) is 18.2 Å². The molecule has 0 atom stereocenters. The van der Waals surface area contributed by atoms with Gasteiger partial charge in [0.15, 0.2) is 9.84 Å². The van der Waals surface area contributed by atoms with Gasteiger partial charge in [0.05, 0.1) is 15.9 Å². The molecular formula is C15H15N3O2S. The van der Waals surface area contributed by atoms with Crippen molar-refractivity contribution in [2.75, 3.05) is 6.26 Å². The van der Waals surface area contributed by atoms with E-state index in [0.717, 1.165) is 22.5 Å². The number of nitrogens with zero attached hydrogens (tertiary/aromatic N) is 2. The highest BCUT2D eigenvalue weighted by Gasteiger charge is 2.12. The normalized spacial score (nSPS) is 12.0. The summed E-state index contributed by atoms with van der Waals surface area (Å²) in [5.74, 6) is 0.695. The molecule has 0 spiro atoms. The highest BCUT2D eigenvalue weighted by molar-refractivity contribution is 7.90. The molecule has 0 aliphatic carbocycles. The highest BCUT2D eigenvalue weighted by Crippen LogP contribution is 2.24. The molecule has 2 heterocycles. The second-order valence-corrected chi connectivity index (χ2v) is 7.14. The second-order valence-electron chi connectivity index (χ2n) is 5.12. The van der Waals surface area contributed by atoms with Crippen LogP contribution >= 0.6 is 0 Å². The summed E-state index contributed by atoms with van der Waals surface area (Å²) >= 11 is 0. The van der Waals surface area contributed by atoms with E-state index in [1.807, 2.05) is 26.0 Å². The van der Waals surface area contributed by atoms with E-state index in [-0.39, 0.29) is 4.90 Å². The van der Waals surface area contributed by atoms with Gasteiger partial charge in [0.2, 0.25) is 0 Å². The highest BCUT2D eigenvalue weighted by atomic mass is 32.2. The topological polar surface area (TPSA) is 75.7 Å². The van der Waals surface area contributed by atoms with Crippen LogP contribution < -0.4 is 0 Å². The minimum atomic E-state index is -3.22. The van der Waals surface area contributed by atoms with Gasteiger partial charge in [0, 0.05) is 23.2 Å². The summed E-state index contributed by atoms with van der Waals surface area (Å²) in [6.45, 7) is 3.87. The third-order valence-corrected chi connectivity index (χ3v) is 4.47. The van der Waals surface area contributed by atoms with Crippen LogP contribution in [0.5, 0.6) is 0 Å². The predicted octanol–water partition coefficient (Wildman–Crippen LogP) is 2.65. The SMILES string of the molecule is Cc1ccc(-c2nc3ccc(S(C)(=O)=O)cc3[nH]2)c(C)n1. The van der Waals surface area contributed by atoms with E-state index >= 15 is 0 Å². The monoisotopic (exact) mass is 301 g/mol. The van der Waals surface area contributed by atoms with Gasteiger partial charge in [-0.25, -0.2) is 13.4 Å². The first-order valence-electron chi connectivity index (χ1n) is 6.49. The van der Waals surface area contributed by atoms with Crippen LogP contribution in [0.25, 0.3) is 22.4 Å². The van der Waals surface area contributed by atoms with Gasteiger partial charge in [-0.2, -0.15) is 0 Å². The van der Waals surface area contributed by atoms with E-state index in [2.05, 4.69) is 15.0 Å². The predicted molar refractivity (Wildman–Crippen MR) is 81.9 cm³/mol. The maximum Gasteiger partial charge on any atom is 0.175 e. The van der Waals surface area contributed by atoms with Gasteiger partial charge in [-0.05, 0) is 44.2 Å². The van der Waals surface area contributed by atoms with Crippen LogP contribution in [0.2, 0.25) is 0 Å². The third-order valence-electron chi connectivity index (χ3n) is 3.36. The number of fused-ring (bicyclic) bond motifs is 1. The number of aromatic amines is 1. The van der Waals surface area contributed by atoms with Gasteiger partial charge in [-0.1, -0.05) is 0 Å². The fourth-order valence-electron chi connectivity index (χ4n) is 2.28. The summed E-state index contributed by atoms with van der Waals surface area (Å²) in [7, 11) is -3.22. The second kappa shape index (κ2) is 4.66. The van der Waals surface area contributed by atoms with Gasteiger partial charge in [-0.15, -0.1) is 0 Å². The van der Waals surface area contributed by atoms with E-state index in [0.29, 0.717) is 11.3 Å². The van der Waals surface area contributed by atoms with E-state index < -0.39 is 9.84 Å². The molecule has 1 aromatic carbocycles. The third kappa shape index (κ3) is 2.54. The largest absolute Gasteiger partial charge is 0.338 e. The first-order valence-corrected chi connectivity index (χ1v) is 8.38. The smallest absolute Gasteiger partial charge is 0.175 e. The summed E-state index contributed by atoms with van der Waals surface area (Å²) in [5.41, 5.74) is 4.19. The number of pyridine rings is 1. The summed E-state index contributed by atoms with van der Waals surface area (Å²) in [6.07, 6.45) is 1.19. The fourth-order valence-corrected chi connectivity index (χ4v) is 2.93. The number of aryl methyl sites for hydroxylation is 2. The summed E-state index contributed by atoms with van der Waals surface area (Å²) in [5, 5.41) is 0. The number of aromatic nitrogens is 3. The van der Waals surface area contributed by atoms with Gasteiger partial charge in [0.1, 0.15) is 5.82 Å². The Bertz CT molecular complexity index is 943. The van der Waals surface area contributed by atoms with Crippen LogP contribution in [0.4, 0.5) is 0 Å². The number of hydrogen-bond donors (Lipinski definition) is 1. The lowest BCUT2D eigenvalue weighted by Gasteiger charge is -2.02. The Balaban J connectivity index is 2.17. The van der Waals surface area contributed by atoms with Crippen LogP contribution in [0.3, 0.4) is 0 Å². The number of nitrogens with one attached hydrogen (secondary N) is 1. The van der Waals surface area contributed by atoms with Crippen molar-refractivity contribution in [2.24, 2.45) is 0 Å². The quantitative estimate of drug-likeness (QED) is 0.789. The lowest BCUT2D eigenvalue weighted by Crippen LogP contribution is -1.96. The first kappa shape index (κ1) is 13.8. The molecular weight excluding hydrogens is 286 g/mol. The standard InChI is InChI=1S/C15H15N3O2S/c1-9-4-6-12(10(2)16-9)15-17-13-7-5-11(21(3,19)20)8-14(13)18-15/h4-8H,1-3H3,(H,17,18). The molecule has 0 fully saturated rings. The number of rotatable bonds is 2. The lowest BCUT2D eigenvalue weighted by molar-refractivity contribution is 0.602. The Labute approximate surface area is 123 Å². The molecule has 0 saturated heterocycles. The number of imidazole rings is 1. The Morgan fingerprint density at radius 1 is 1.05 bits per heavy atom. The van der Waals surface area contributed by atoms with Crippen LogP contribution in [-0.4, -0.2) is 29.6 Å². The maximum absolute atomic E-state index is 11.6.